The normalized spacial score (nSPS) is 20.1. The van der Waals surface area contributed by atoms with Gasteiger partial charge in [-0.05, 0) is 48.5 Å². The molecule has 49 heavy (non-hydrogen) atoms. The van der Waals surface area contributed by atoms with Gasteiger partial charge in [-0.1, -0.05) is 72.8 Å². The van der Waals surface area contributed by atoms with E-state index in [1.54, 1.807) is 121 Å². The number of aliphatic hydroxyl groups is 1. The molecule has 1 heterocycles. The molecule has 4 aromatic carbocycles. The van der Waals surface area contributed by atoms with Crippen molar-refractivity contribution in [2.24, 2.45) is 0 Å². The number of esters is 4. The molecule has 0 aromatic heterocycles. The zero-order chi connectivity index (χ0) is 34.4. The molecule has 1 aliphatic heterocycles. The second kappa shape index (κ2) is 17.7. The monoisotopic (exact) mass is 668 g/mol. The molecular weight excluding hydrogens is 632 g/mol. The summed E-state index contributed by atoms with van der Waals surface area (Å²) in [5, 5.41) is 9.24. The number of benzene rings is 4. The smallest absolute Gasteiger partial charge is 0.338 e. The highest BCUT2D eigenvalue weighted by molar-refractivity contribution is 5.91. The molecule has 1 aliphatic rings. The van der Waals surface area contributed by atoms with Crippen molar-refractivity contribution in [3.8, 4) is 0 Å². The van der Waals surface area contributed by atoms with E-state index in [9.17, 15) is 24.3 Å². The van der Waals surface area contributed by atoms with Gasteiger partial charge in [0.05, 0.1) is 35.5 Å². The highest BCUT2D eigenvalue weighted by Gasteiger charge is 2.52. The summed E-state index contributed by atoms with van der Waals surface area (Å²) in [5.74, 6) is -2.94. The van der Waals surface area contributed by atoms with Crippen molar-refractivity contribution in [3.05, 3.63) is 144 Å². The standard InChI is InChI=1S/C38H36O11/c39-22-24-44-23-21-30-32(47-36(41)27-15-7-2-8-16-27)34(49-38(43)29-19-11-4-12-20-29)33(48-37(42)28-17-9-3-10-18-28)31(46-30)25-45-35(40)26-13-5-1-6-14-26/h1-20,30-34,39H,21-25H2/t30-,31+,32-,33-,34+/m0/s1. The number of carbonyl (C=O) groups excluding carboxylic acids is 4. The lowest BCUT2D eigenvalue weighted by molar-refractivity contribution is -0.231. The van der Waals surface area contributed by atoms with E-state index in [2.05, 4.69) is 0 Å². The summed E-state index contributed by atoms with van der Waals surface area (Å²) in [5.41, 5.74) is 0.910. The van der Waals surface area contributed by atoms with Crippen LogP contribution < -0.4 is 0 Å². The van der Waals surface area contributed by atoms with E-state index < -0.39 is 61.0 Å². The minimum atomic E-state index is -1.43. The third-order valence-electron chi connectivity index (χ3n) is 7.66. The lowest BCUT2D eigenvalue weighted by Gasteiger charge is -2.44. The Hall–Kier alpha value is -5.36. The molecule has 5 atom stereocenters. The maximum atomic E-state index is 13.6. The second-order valence-corrected chi connectivity index (χ2v) is 11.0. The zero-order valence-corrected chi connectivity index (χ0v) is 26.5. The van der Waals surface area contributed by atoms with Crippen LogP contribution >= 0.6 is 0 Å². The average Bonchev–Trinajstić information content (AvgIpc) is 3.15. The summed E-state index contributed by atoms with van der Waals surface area (Å²) in [6.45, 7) is -0.518. The predicted octanol–water partition coefficient (Wildman–Crippen LogP) is 4.69. The summed E-state index contributed by atoms with van der Waals surface area (Å²) >= 11 is 0. The lowest BCUT2D eigenvalue weighted by Crippen LogP contribution is -2.62. The number of carbonyl (C=O) groups is 4. The molecule has 0 unspecified atom stereocenters. The summed E-state index contributed by atoms with van der Waals surface area (Å²) < 4.78 is 35.6. The third kappa shape index (κ3) is 9.60. The van der Waals surface area contributed by atoms with Gasteiger partial charge in [0, 0.05) is 13.0 Å². The third-order valence-corrected chi connectivity index (χ3v) is 7.66. The van der Waals surface area contributed by atoms with Crippen LogP contribution in [0.15, 0.2) is 121 Å². The van der Waals surface area contributed by atoms with Gasteiger partial charge >= 0.3 is 23.9 Å². The van der Waals surface area contributed by atoms with Gasteiger partial charge in [0.2, 0.25) is 0 Å². The molecule has 11 heteroatoms. The van der Waals surface area contributed by atoms with Crippen LogP contribution in [-0.2, 0) is 28.4 Å². The van der Waals surface area contributed by atoms with Crippen LogP contribution in [0.2, 0.25) is 0 Å². The van der Waals surface area contributed by atoms with Crippen molar-refractivity contribution in [2.45, 2.75) is 36.9 Å². The van der Waals surface area contributed by atoms with E-state index in [1.807, 2.05) is 0 Å². The molecule has 0 radical (unpaired) electrons. The van der Waals surface area contributed by atoms with Gasteiger partial charge in [0.25, 0.3) is 0 Å². The molecular formula is C38H36O11. The van der Waals surface area contributed by atoms with Crippen LogP contribution in [-0.4, -0.2) is 85.9 Å². The molecule has 5 rings (SSSR count). The van der Waals surface area contributed by atoms with Crippen molar-refractivity contribution >= 4 is 23.9 Å². The van der Waals surface area contributed by atoms with Gasteiger partial charge in [-0.15, -0.1) is 0 Å². The van der Waals surface area contributed by atoms with Crippen molar-refractivity contribution in [1.82, 2.24) is 0 Å². The maximum absolute atomic E-state index is 13.6. The summed E-state index contributed by atoms with van der Waals surface area (Å²) in [7, 11) is 0. The number of hydrogen-bond donors (Lipinski definition) is 1. The van der Waals surface area contributed by atoms with E-state index >= 15 is 0 Å². The first-order chi connectivity index (χ1) is 23.9. The Labute approximate surface area is 283 Å². The van der Waals surface area contributed by atoms with E-state index in [-0.39, 0.29) is 48.5 Å². The Balaban J connectivity index is 1.53. The van der Waals surface area contributed by atoms with Crippen LogP contribution in [0.25, 0.3) is 0 Å². The predicted molar refractivity (Wildman–Crippen MR) is 175 cm³/mol. The van der Waals surface area contributed by atoms with E-state index in [0.29, 0.717) is 0 Å². The Bertz CT molecular complexity index is 1650. The van der Waals surface area contributed by atoms with Gasteiger partial charge in [-0.3, -0.25) is 0 Å². The van der Waals surface area contributed by atoms with E-state index in [0.717, 1.165) is 0 Å². The molecule has 1 fully saturated rings. The maximum Gasteiger partial charge on any atom is 0.338 e. The zero-order valence-electron chi connectivity index (χ0n) is 26.5. The fraction of sp³-hybridized carbons (Fsp3) is 0.263. The largest absolute Gasteiger partial charge is 0.459 e. The van der Waals surface area contributed by atoms with E-state index in [1.165, 1.54) is 0 Å². The summed E-state index contributed by atoms with van der Waals surface area (Å²) in [4.78, 5) is 53.6. The molecule has 0 amide bonds. The number of rotatable bonds is 14. The quantitative estimate of drug-likeness (QED) is 0.114. The highest BCUT2D eigenvalue weighted by Crippen LogP contribution is 2.32. The number of hydrogen-bond acceptors (Lipinski definition) is 11. The first kappa shape index (κ1) is 35.0. The van der Waals surface area contributed by atoms with Crippen LogP contribution in [0.3, 0.4) is 0 Å². The van der Waals surface area contributed by atoms with Crippen molar-refractivity contribution in [2.75, 3.05) is 26.4 Å². The van der Waals surface area contributed by atoms with Gasteiger partial charge in [0.1, 0.15) is 18.8 Å². The number of ether oxygens (including phenoxy) is 6. The second-order valence-electron chi connectivity index (χ2n) is 11.0. The van der Waals surface area contributed by atoms with Crippen molar-refractivity contribution in [3.63, 3.8) is 0 Å². The fourth-order valence-electron chi connectivity index (χ4n) is 5.26. The first-order valence-electron chi connectivity index (χ1n) is 15.8. The molecule has 254 valence electrons. The minimum Gasteiger partial charge on any atom is -0.459 e. The fourth-order valence-corrected chi connectivity index (χ4v) is 5.26. The molecule has 1 saturated heterocycles. The van der Waals surface area contributed by atoms with Crippen LogP contribution in [0, 0.1) is 0 Å². The summed E-state index contributed by atoms with van der Waals surface area (Å²) in [6.07, 6.45) is -6.21. The topological polar surface area (TPSA) is 144 Å². The van der Waals surface area contributed by atoms with Crippen LogP contribution in [0.1, 0.15) is 47.9 Å². The van der Waals surface area contributed by atoms with Gasteiger partial charge in [0.15, 0.2) is 18.3 Å². The average molecular weight is 669 g/mol. The molecule has 0 bridgehead atoms. The van der Waals surface area contributed by atoms with Gasteiger partial charge < -0.3 is 33.5 Å². The SMILES string of the molecule is O=C(OC[C@H]1O[C@@H](CCOCCO)[C@H](OC(=O)c2ccccc2)[C@@H](OC(=O)c2ccccc2)[C@H]1OC(=O)c1ccccc1)c1ccccc1. The molecule has 1 N–H and O–H groups in total. The Morgan fingerprint density at radius 3 is 1.33 bits per heavy atom. The molecule has 0 spiro atoms. The van der Waals surface area contributed by atoms with Crippen molar-refractivity contribution in [1.29, 1.82) is 0 Å². The van der Waals surface area contributed by atoms with Gasteiger partial charge in [-0.25, -0.2) is 19.2 Å². The molecule has 4 aromatic rings. The van der Waals surface area contributed by atoms with Gasteiger partial charge in [-0.2, -0.15) is 0 Å². The Kier molecular flexibility index (Phi) is 12.6. The molecule has 0 aliphatic carbocycles. The highest BCUT2D eigenvalue weighted by atomic mass is 16.7. The lowest BCUT2D eigenvalue weighted by atomic mass is 9.92. The Morgan fingerprint density at radius 2 is 0.898 bits per heavy atom. The first-order valence-corrected chi connectivity index (χ1v) is 15.8. The van der Waals surface area contributed by atoms with Crippen LogP contribution in [0.4, 0.5) is 0 Å². The minimum absolute atomic E-state index is 0.0447. The van der Waals surface area contributed by atoms with Crippen LogP contribution in [0.5, 0.6) is 0 Å². The molecule has 0 saturated carbocycles. The Morgan fingerprint density at radius 1 is 0.510 bits per heavy atom. The van der Waals surface area contributed by atoms with Crippen molar-refractivity contribution < 1.29 is 52.7 Å². The molecule has 11 nitrogen and oxygen atoms in total. The number of aliphatic hydroxyl groups excluding tert-OH is 1. The van der Waals surface area contributed by atoms with E-state index in [4.69, 9.17) is 28.4 Å². The summed E-state index contributed by atoms with van der Waals surface area (Å²) in [6, 6.07) is 32.8.